The number of phenolic OH excluding ortho intramolecular Hbond substituents is 1. The number of aromatic hydroxyl groups is 1. The van der Waals surface area contributed by atoms with Gasteiger partial charge < -0.3 is 25.0 Å². The van der Waals surface area contributed by atoms with Crippen LogP contribution in [-0.2, 0) is 23.9 Å². The average molecular weight is 701 g/mol. The highest BCUT2D eigenvalue weighted by molar-refractivity contribution is 8.76. The molecule has 4 N–H and O–H groups in total. The number of esters is 2. The van der Waals surface area contributed by atoms with Gasteiger partial charge in [0.15, 0.2) is 0 Å². The molecule has 0 radical (unpaired) electrons. The summed E-state index contributed by atoms with van der Waals surface area (Å²) < 4.78 is 9.69. The number of hydrogen-bond acceptors (Lipinski definition) is 10. The fourth-order valence-electron chi connectivity index (χ4n) is 3.99. The summed E-state index contributed by atoms with van der Waals surface area (Å²) in [6, 6.07) is 4.50. The lowest BCUT2D eigenvalue weighted by Crippen LogP contribution is -2.43. The number of aliphatic hydroxyl groups is 1. The second-order valence-corrected chi connectivity index (χ2v) is 12.9. The molecule has 1 rings (SSSR count). The second-order valence-electron chi connectivity index (χ2n) is 10.4. The number of methoxy groups -OCH3 is 2. The molecule has 0 bridgehead atoms. The Balaban J connectivity index is 2.33. The highest BCUT2D eigenvalue weighted by atomic mass is 33.1. The molecule has 0 fully saturated rings. The number of carbonyl (C=O) groups excluding carboxylic acids is 3. The molecule has 264 valence electrons. The first-order chi connectivity index (χ1) is 23.3. The largest absolute Gasteiger partial charge is 0.508 e. The lowest BCUT2D eigenvalue weighted by molar-refractivity contribution is -0.144. The maximum atomic E-state index is 12.5. The van der Waals surface area contributed by atoms with Gasteiger partial charge in [-0.15, -0.1) is 0 Å². The number of phenols is 1. The third-order valence-corrected chi connectivity index (χ3v) is 9.01. The Labute approximate surface area is 294 Å². The monoisotopic (exact) mass is 700 g/mol. The van der Waals surface area contributed by atoms with Gasteiger partial charge in [0, 0.05) is 23.5 Å². The number of rotatable bonds is 25. The van der Waals surface area contributed by atoms with Crippen LogP contribution in [0.15, 0.2) is 97.2 Å². The summed E-state index contributed by atoms with van der Waals surface area (Å²) in [5.74, 6) is -1.14. The number of ether oxygens (including phenoxy) is 2. The topological polar surface area (TPSA) is 134 Å². The van der Waals surface area contributed by atoms with Gasteiger partial charge in [0.2, 0.25) is 5.91 Å². The Kier molecular flexibility index (Phi) is 25.2. The lowest BCUT2D eigenvalue weighted by atomic mass is 10.1. The predicted octanol–water partition coefficient (Wildman–Crippen LogP) is 7.03. The van der Waals surface area contributed by atoms with Gasteiger partial charge in [0.05, 0.1) is 14.2 Å². The molecule has 0 aliphatic rings. The molecule has 1 unspecified atom stereocenters. The second kappa shape index (κ2) is 28.5. The number of amides is 1. The number of allylic oxidation sites excluding steroid dienone is 12. The minimum absolute atomic E-state index is 0.111. The molecular formula is C37H52N2O7S2. The zero-order valence-corrected chi connectivity index (χ0v) is 29.9. The summed E-state index contributed by atoms with van der Waals surface area (Å²) in [6.45, 7) is 2.14. The van der Waals surface area contributed by atoms with Crippen molar-refractivity contribution in [2.75, 3.05) is 25.7 Å². The van der Waals surface area contributed by atoms with E-state index in [2.05, 4.69) is 78.3 Å². The Hall–Kier alpha value is -3.51. The molecule has 0 aliphatic carbocycles. The standard InChI is InChI=1S/C37H52N2O7S2/c1-4-5-6-7-8-9-10-11-12-13-14-15-16-17-18-19-20-21-22-27-34(41)38-31(36(43)45-2)28-47-48-29-32(37(44)46-3)39-35(42)30-25-23-24-26-33(30)40/h5-6,8-9,11-12,14-15,17-18,20-21,23-26,31-32,35,39-40,42H,4,7,10,13,16,19,22,27-29H2,1-3H3,(H,38,41)/b6-5-,9-8-,12-11-,15-14-,18-17-,21-20-/t31-,32-,35?/m0/s1. The Morgan fingerprint density at radius 2 is 1.19 bits per heavy atom. The van der Waals surface area contributed by atoms with Crippen molar-refractivity contribution in [2.24, 2.45) is 0 Å². The molecule has 48 heavy (non-hydrogen) atoms. The number of carbonyl (C=O) groups is 3. The predicted molar refractivity (Wildman–Crippen MR) is 198 cm³/mol. The molecule has 1 amide bonds. The average Bonchev–Trinajstić information content (AvgIpc) is 3.09. The van der Waals surface area contributed by atoms with Crippen LogP contribution in [0.1, 0.15) is 70.1 Å². The SMILES string of the molecule is CC/C=C\C/C=C\C/C=C\C/C=C\C/C=C\C/C=C\CCC(=O)N[C@@H](CSSC[C@H](NC(O)c1ccccc1O)C(=O)OC)C(=O)OC. The van der Waals surface area contributed by atoms with Crippen LogP contribution in [-0.4, -0.2) is 65.9 Å². The Morgan fingerprint density at radius 1 is 0.729 bits per heavy atom. The molecule has 0 saturated heterocycles. The van der Waals surface area contributed by atoms with Crippen molar-refractivity contribution in [3.8, 4) is 5.75 Å². The number of hydrogen-bond donors (Lipinski definition) is 4. The molecule has 11 heteroatoms. The first-order valence-corrected chi connectivity index (χ1v) is 18.6. The van der Waals surface area contributed by atoms with Crippen molar-refractivity contribution in [2.45, 2.75) is 76.6 Å². The molecule has 0 saturated carbocycles. The highest BCUT2D eigenvalue weighted by Gasteiger charge is 2.25. The molecule has 0 aliphatic heterocycles. The molecule has 0 heterocycles. The molecule has 0 spiro atoms. The fraction of sp³-hybridized carbons (Fsp3) is 0.432. The minimum atomic E-state index is -1.30. The summed E-state index contributed by atoms with van der Waals surface area (Å²) in [5, 5.41) is 25.9. The van der Waals surface area contributed by atoms with E-state index in [4.69, 9.17) is 9.47 Å². The molecule has 9 nitrogen and oxygen atoms in total. The summed E-state index contributed by atoms with van der Waals surface area (Å²) >= 11 is 0. The van der Waals surface area contributed by atoms with Gasteiger partial charge >= 0.3 is 11.9 Å². The normalized spacial score (nSPS) is 14.1. The Bertz CT molecular complexity index is 1240. The van der Waals surface area contributed by atoms with E-state index in [1.165, 1.54) is 47.9 Å². The van der Waals surface area contributed by atoms with E-state index in [1.807, 2.05) is 12.2 Å². The van der Waals surface area contributed by atoms with Crippen molar-refractivity contribution in [1.82, 2.24) is 10.6 Å². The van der Waals surface area contributed by atoms with Crippen LogP contribution in [0.2, 0.25) is 0 Å². The molecule has 3 atom stereocenters. The van der Waals surface area contributed by atoms with E-state index in [0.717, 1.165) is 38.5 Å². The smallest absolute Gasteiger partial charge is 0.329 e. The van der Waals surface area contributed by atoms with Gasteiger partial charge in [-0.1, -0.05) is 120 Å². The minimum Gasteiger partial charge on any atom is -0.508 e. The van der Waals surface area contributed by atoms with Crippen molar-refractivity contribution in [1.29, 1.82) is 0 Å². The third-order valence-electron chi connectivity index (χ3n) is 6.58. The summed E-state index contributed by atoms with van der Waals surface area (Å²) in [5.41, 5.74) is 0.224. The van der Waals surface area contributed by atoms with E-state index in [9.17, 15) is 24.6 Å². The van der Waals surface area contributed by atoms with Crippen LogP contribution in [0.25, 0.3) is 0 Å². The first kappa shape index (κ1) is 42.5. The summed E-state index contributed by atoms with van der Waals surface area (Å²) in [7, 11) is 5.03. The maximum absolute atomic E-state index is 12.5. The van der Waals surface area contributed by atoms with E-state index in [0.29, 0.717) is 6.42 Å². The quantitative estimate of drug-likeness (QED) is 0.0277. The van der Waals surface area contributed by atoms with Crippen LogP contribution in [0.5, 0.6) is 5.75 Å². The molecule has 1 aromatic rings. The maximum Gasteiger partial charge on any atom is 0.329 e. The van der Waals surface area contributed by atoms with Crippen molar-refractivity contribution < 1.29 is 34.1 Å². The summed E-state index contributed by atoms with van der Waals surface area (Å²) in [6.07, 6.45) is 30.6. The first-order valence-electron chi connectivity index (χ1n) is 16.1. The lowest BCUT2D eigenvalue weighted by Gasteiger charge is -2.21. The van der Waals surface area contributed by atoms with Crippen molar-refractivity contribution in [3.05, 3.63) is 103 Å². The highest BCUT2D eigenvalue weighted by Crippen LogP contribution is 2.26. The third kappa shape index (κ3) is 20.7. The van der Waals surface area contributed by atoms with Crippen LogP contribution < -0.4 is 10.6 Å². The van der Waals surface area contributed by atoms with Crippen LogP contribution in [0.3, 0.4) is 0 Å². The summed E-state index contributed by atoms with van der Waals surface area (Å²) in [4.78, 5) is 37.0. The molecule has 1 aromatic carbocycles. The van der Waals surface area contributed by atoms with E-state index < -0.39 is 30.3 Å². The van der Waals surface area contributed by atoms with Crippen molar-refractivity contribution in [3.63, 3.8) is 0 Å². The van der Waals surface area contributed by atoms with Gasteiger partial charge in [-0.25, -0.2) is 4.79 Å². The number of nitrogens with one attached hydrogen (secondary N) is 2. The van der Waals surface area contributed by atoms with E-state index in [1.54, 1.807) is 12.1 Å². The van der Waals surface area contributed by atoms with E-state index >= 15 is 0 Å². The zero-order chi connectivity index (χ0) is 35.2. The van der Waals surface area contributed by atoms with Gasteiger partial charge in [0.1, 0.15) is 24.1 Å². The van der Waals surface area contributed by atoms with Gasteiger partial charge in [0.25, 0.3) is 0 Å². The fourth-order valence-corrected chi connectivity index (χ4v) is 6.30. The Morgan fingerprint density at radius 3 is 1.69 bits per heavy atom. The zero-order valence-electron chi connectivity index (χ0n) is 28.3. The van der Waals surface area contributed by atoms with Crippen LogP contribution in [0, 0.1) is 0 Å². The van der Waals surface area contributed by atoms with Crippen LogP contribution in [0.4, 0.5) is 0 Å². The number of benzene rings is 1. The number of aliphatic hydroxyl groups excluding tert-OH is 1. The van der Waals surface area contributed by atoms with Gasteiger partial charge in [-0.2, -0.15) is 0 Å². The van der Waals surface area contributed by atoms with Crippen molar-refractivity contribution >= 4 is 39.4 Å². The molecular weight excluding hydrogens is 649 g/mol. The number of para-hydroxylation sites is 1. The van der Waals surface area contributed by atoms with Gasteiger partial charge in [-0.05, 0) is 51.0 Å². The molecule has 0 aromatic heterocycles. The van der Waals surface area contributed by atoms with Gasteiger partial charge in [-0.3, -0.25) is 14.9 Å². The van der Waals surface area contributed by atoms with Crippen LogP contribution >= 0.6 is 21.6 Å². The van der Waals surface area contributed by atoms with E-state index in [-0.39, 0.29) is 35.1 Å².